The molecule has 5 nitrogen and oxygen atoms in total. The summed E-state index contributed by atoms with van der Waals surface area (Å²) in [5.74, 6) is -0.0493. The highest BCUT2D eigenvalue weighted by Crippen LogP contribution is 2.24. The van der Waals surface area contributed by atoms with Crippen molar-refractivity contribution in [3.05, 3.63) is 10.8 Å². The second kappa shape index (κ2) is 3.45. The van der Waals surface area contributed by atoms with Crippen LogP contribution in [0.15, 0.2) is 4.90 Å². The summed E-state index contributed by atoms with van der Waals surface area (Å²) in [6.45, 7) is 0. The zero-order valence-electron chi connectivity index (χ0n) is 6.66. The number of primary sulfonamides is 1. The Morgan fingerprint density at radius 1 is 1.62 bits per heavy atom. The van der Waals surface area contributed by atoms with Gasteiger partial charge in [-0.25, -0.2) is 13.6 Å². The summed E-state index contributed by atoms with van der Waals surface area (Å²) in [6.07, 6.45) is 0. The Bertz CT molecular complexity index is 425. The first-order valence-corrected chi connectivity index (χ1v) is 5.64. The smallest absolute Gasteiger partial charge is 0.243 e. The Kier molecular flexibility index (Phi) is 2.86. The molecule has 1 rings (SSSR count). The Hall–Kier alpha value is -0.300. The fourth-order valence-electron chi connectivity index (χ4n) is 0.905. The molecule has 1 aromatic heterocycles. The van der Waals surface area contributed by atoms with Crippen LogP contribution in [-0.4, -0.2) is 18.2 Å². The number of rotatable bonds is 2. The Morgan fingerprint density at radius 3 is 2.46 bits per heavy atom. The van der Waals surface area contributed by atoms with E-state index in [1.165, 1.54) is 11.7 Å². The average molecular weight is 244 g/mol. The molecule has 1 heterocycles. The van der Waals surface area contributed by atoms with Gasteiger partial charge in [0.25, 0.3) is 0 Å². The third kappa shape index (κ3) is 1.96. The van der Waals surface area contributed by atoms with Gasteiger partial charge in [-0.05, 0) is 0 Å². The quantitative estimate of drug-likeness (QED) is 0.767. The van der Waals surface area contributed by atoms with Gasteiger partial charge in [0.2, 0.25) is 10.0 Å². The largest absolute Gasteiger partial charge is 0.255 e. The van der Waals surface area contributed by atoms with E-state index in [2.05, 4.69) is 5.10 Å². The van der Waals surface area contributed by atoms with Crippen molar-refractivity contribution in [1.82, 2.24) is 9.78 Å². The number of aryl methyl sites for hydroxylation is 1. The lowest BCUT2D eigenvalue weighted by atomic mass is 10.5. The van der Waals surface area contributed by atoms with E-state index in [-0.39, 0.29) is 21.6 Å². The van der Waals surface area contributed by atoms with E-state index in [0.29, 0.717) is 0 Å². The summed E-state index contributed by atoms with van der Waals surface area (Å²) in [7, 11) is -2.35. The van der Waals surface area contributed by atoms with Crippen molar-refractivity contribution in [2.24, 2.45) is 12.2 Å². The van der Waals surface area contributed by atoms with Crippen molar-refractivity contribution >= 4 is 33.2 Å². The highest BCUT2D eigenvalue weighted by molar-refractivity contribution is 7.89. The van der Waals surface area contributed by atoms with E-state index >= 15 is 0 Å². The first-order valence-electron chi connectivity index (χ1n) is 3.18. The van der Waals surface area contributed by atoms with Gasteiger partial charge in [-0.2, -0.15) is 5.10 Å². The third-order valence-corrected chi connectivity index (χ3v) is 3.21. The van der Waals surface area contributed by atoms with E-state index < -0.39 is 10.0 Å². The molecular weight excluding hydrogens is 237 g/mol. The molecule has 0 amide bonds. The maximum Gasteiger partial charge on any atom is 0.243 e. The SMILES string of the molecule is Cn1nc(CCl)c(S(N)(=O)=O)c1Cl. The van der Waals surface area contributed by atoms with Crippen molar-refractivity contribution < 1.29 is 8.42 Å². The van der Waals surface area contributed by atoms with Crippen LogP contribution in [0.4, 0.5) is 0 Å². The molecule has 0 radical (unpaired) electrons. The molecule has 1 aromatic rings. The van der Waals surface area contributed by atoms with Crippen LogP contribution in [0.2, 0.25) is 5.15 Å². The number of hydrogen-bond donors (Lipinski definition) is 1. The highest BCUT2D eigenvalue weighted by Gasteiger charge is 2.23. The van der Waals surface area contributed by atoms with Crippen LogP contribution >= 0.6 is 23.2 Å². The van der Waals surface area contributed by atoms with Gasteiger partial charge >= 0.3 is 0 Å². The number of nitrogens with two attached hydrogens (primary N) is 1. The number of sulfonamides is 1. The van der Waals surface area contributed by atoms with E-state index in [0.717, 1.165) is 0 Å². The molecule has 8 heteroatoms. The highest BCUT2D eigenvalue weighted by atomic mass is 35.5. The lowest BCUT2D eigenvalue weighted by Gasteiger charge is -1.95. The molecule has 0 spiro atoms. The van der Waals surface area contributed by atoms with Gasteiger partial charge in [0.05, 0.1) is 11.6 Å². The van der Waals surface area contributed by atoms with Gasteiger partial charge in [-0.1, -0.05) is 11.6 Å². The third-order valence-electron chi connectivity index (χ3n) is 1.42. The average Bonchev–Trinajstić information content (AvgIpc) is 2.26. The van der Waals surface area contributed by atoms with Crippen molar-refractivity contribution in [3.8, 4) is 0 Å². The van der Waals surface area contributed by atoms with Crippen LogP contribution in [0.25, 0.3) is 0 Å². The second-order valence-electron chi connectivity index (χ2n) is 2.37. The molecule has 13 heavy (non-hydrogen) atoms. The number of alkyl halides is 1. The number of nitrogens with zero attached hydrogens (tertiary/aromatic N) is 2. The standard InChI is InChI=1S/C5H7Cl2N3O2S/c1-10-5(7)4(13(8,11)12)3(2-6)9-10/h2H2,1H3,(H2,8,11,12). The Labute approximate surface area is 85.5 Å². The van der Waals surface area contributed by atoms with Crippen LogP contribution in [0.1, 0.15) is 5.69 Å². The van der Waals surface area contributed by atoms with E-state index in [4.69, 9.17) is 28.3 Å². The fourth-order valence-corrected chi connectivity index (χ4v) is 2.45. The minimum Gasteiger partial charge on any atom is -0.255 e. The van der Waals surface area contributed by atoms with Crippen LogP contribution in [0.3, 0.4) is 0 Å². The number of hydrogen-bond acceptors (Lipinski definition) is 3. The first-order chi connectivity index (χ1) is 5.88. The summed E-state index contributed by atoms with van der Waals surface area (Å²) in [6, 6.07) is 0. The van der Waals surface area contributed by atoms with Gasteiger partial charge in [-0.3, -0.25) is 4.68 Å². The Morgan fingerprint density at radius 2 is 2.15 bits per heavy atom. The molecule has 2 N–H and O–H groups in total. The van der Waals surface area contributed by atoms with E-state index in [1.807, 2.05) is 0 Å². The van der Waals surface area contributed by atoms with Crippen molar-refractivity contribution in [2.45, 2.75) is 10.8 Å². The van der Waals surface area contributed by atoms with Crippen molar-refractivity contribution in [2.75, 3.05) is 0 Å². The van der Waals surface area contributed by atoms with Crippen molar-refractivity contribution in [3.63, 3.8) is 0 Å². The van der Waals surface area contributed by atoms with Gasteiger partial charge in [0.1, 0.15) is 10.0 Å². The molecule has 0 fully saturated rings. The van der Waals surface area contributed by atoms with Crippen LogP contribution < -0.4 is 5.14 Å². The number of aromatic nitrogens is 2. The topological polar surface area (TPSA) is 78.0 Å². The molecule has 0 aliphatic rings. The zero-order chi connectivity index (χ0) is 10.2. The molecule has 0 aliphatic carbocycles. The van der Waals surface area contributed by atoms with Gasteiger partial charge < -0.3 is 0 Å². The molecule has 0 atom stereocenters. The molecule has 0 saturated carbocycles. The van der Waals surface area contributed by atoms with Gasteiger partial charge in [0.15, 0.2) is 0 Å². The summed E-state index contributed by atoms with van der Waals surface area (Å²) in [4.78, 5) is -0.202. The molecule has 0 saturated heterocycles. The van der Waals surface area contributed by atoms with Crippen LogP contribution in [0, 0.1) is 0 Å². The normalized spacial score (nSPS) is 12.0. The molecule has 0 bridgehead atoms. The lowest BCUT2D eigenvalue weighted by Crippen LogP contribution is -2.13. The molecule has 0 aliphatic heterocycles. The predicted octanol–water partition coefficient (Wildman–Crippen LogP) is 0.460. The molecule has 0 aromatic carbocycles. The van der Waals surface area contributed by atoms with Gasteiger partial charge in [0, 0.05) is 7.05 Å². The minimum absolute atomic E-state index is 0.0295. The second-order valence-corrected chi connectivity index (χ2v) is 4.49. The van der Waals surface area contributed by atoms with Crippen molar-refractivity contribution in [1.29, 1.82) is 0 Å². The summed E-state index contributed by atoms with van der Waals surface area (Å²) < 4.78 is 23.3. The lowest BCUT2D eigenvalue weighted by molar-refractivity contribution is 0.597. The molecule has 74 valence electrons. The summed E-state index contributed by atoms with van der Waals surface area (Å²) >= 11 is 11.1. The van der Waals surface area contributed by atoms with E-state index in [1.54, 1.807) is 0 Å². The minimum atomic E-state index is -3.86. The van der Waals surface area contributed by atoms with Crippen LogP contribution in [-0.2, 0) is 23.0 Å². The summed E-state index contributed by atoms with van der Waals surface area (Å²) in [5, 5.41) is 8.68. The maximum absolute atomic E-state index is 11.0. The summed E-state index contributed by atoms with van der Waals surface area (Å²) in [5.41, 5.74) is 0.164. The maximum atomic E-state index is 11.0. The fraction of sp³-hybridized carbons (Fsp3) is 0.400. The molecular formula is C5H7Cl2N3O2S. The molecule has 0 unspecified atom stereocenters. The number of halogens is 2. The van der Waals surface area contributed by atoms with E-state index in [9.17, 15) is 8.42 Å². The predicted molar refractivity (Wildman–Crippen MR) is 49.1 cm³/mol. The zero-order valence-corrected chi connectivity index (χ0v) is 8.99. The van der Waals surface area contributed by atoms with Gasteiger partial charge in [-0.15, -0.1) is 11.6 Å². The first kappa shape index (κ1) is 10.8. The monoisotopic (exact) mass is 243 g/mol. The Balaban J connectivity index is 3.51. The van der Waals surface area contributed by atoms with Crippen LogP contribution in [0.5, 0.6) is 0 Å².